The van der Waals surface area contributed by atoms with Gasteiger partial charge in [-0.15, -0.1) is 0 Å². The van der Waals surface area contributed by atoms with Crippen molar-refractivity contribution < 1.29 is 9.50 Å². The zero-order valence-electron chi connectivity index (χ0n) is 15.0. The molecule has 0 amide bonds. The fourth-order valence-electron chi connectivity index (χ4n) is 3.16. The molecule has 4 nitrogen and oxygen atoms in total. The Morgan fingerprint density at radius 3 is 2.64 bits per heavy atom. The molecule has 28 heavy (non-hydrogen) atoms. The molecule has 0 fully saturated rings. The van der Waals surface area contributed by atoms with Crippen molar-refractivity contribution in [2.24, 2.45) is 0 Å². The van der Waals surface area contributed by atoms with Gasteiger partial charge in [-0.2, -0.15) is 0 Å². The van der Waals surface area contributed by atoms with E-state index in [1.165, 1.54) is 18.3 Å². The van der Waals surface area contributed by atoms with Gasteiger partial charge in [-0.05, 0) is 42.8 Å². The minimum Gasteiger partial charge on any atom is -0.505 e. The van der Waals surface area contributed by atoms with Crippen molar-refractivity contribution in [3.8, 4) is 5.75 Å². The van der Waals surface area contributed by atoms with Crippen molar-refractivity contribution in [3.63, 3.8) is 0 Å². The summed E-state index contributed by atoms with van der Waals surface area (Å²) in [7, 11) is 0. The lowest BCUT2D eigenvalue weighted by molar-refractivity contribution is 0.471. The molecule has 0 radical (unpaired) electrons. The first-order valence-electron chi connectivity index (χ1n) is 8.74. The Hall–Kier alpha value is -3.18. The second kappa shape index (κ2) is 7.44. The van der Waals surface area contributed by atoms with Crippen molar-refractivity contribution >= 4 is 28.3 Å². The van der Waals surface area contributed by atoms with E-state index in [1.807, 2.05) is 31.2 Å². The van der Waals surface area contributed by atoms with Gasteiger partial charge < -0.3 is 10.4 Å². The number of phenolic OH excluding ortho intramolecular Hbond substituents is 1. The standard InChI is InChI=1S/C22H17ClFN3O/c1-13-5-6-14-7-9-18(22(28)21(14)26-13)20(15-3-2-4-17(24)11-15)27-19-10-8-16(23)12-25-19/h2-12,20,28H,1H3,(H,25,27). The molecule has 140 valence electrons. The molecule has 4 rings (SSSR count). The minimum atomic E-state index is -0.531. The molecule has 4 aromatic rings. The van der Waals surface area contributed by atoms with Gasteiger partial charge in [-0.3, -0.25) is 0 Å². The van der Waals surface area contributed by atoms with Gasteiger partial charge in [0.25, 0.3) is 0 Å². The third-order valence-electron chi connectivity index (χ3n) is 4.52. The quantitative estimate of drug-likeness (QED) is 0.471. The van der Waals surface area contributed by atoms with Crippen LogP contribution < -0.4 is 5.32 Å². The van der Waals surface area contributed by atoms with Crippen LogP contribution in [0.25, 0.3) is 10.9 Å². The molecule has 6 heteroatoms. The van der Waals surface area contributed by atoms with Gasteiger partial charge in [0.15, 0.2) is 0 Å². The molecule has 2 aromatic carbocycles. The summed E-state index contributed by atoms with van der Waals surface area (Å²) in [4.78, 5) is 8.73. The van der Waals surface area contributed by atoms with Crippen LogP contribution in [-0.4, -0.2) is 15.1 Å². The van der Waals surface area contributed by atoms with E-state index in [0.717, 1.165) is 11.1 Å². The third-order valence-corrected chi connectivity index (χ3v) is 4.74. The lowest BCUT2D eigenvalue weighted by Crippen LogP contribution is -2.14. The zero-order valence-corrected chi connectivity index (χ0v) is 15.8. The van der Waals surface area contributed by atoms with Crippen LogP contribution in [0.15, 0.2) is 66.9 Å². The Balaban J connectivity index is 1.86. The first kappa shape index (κ1) is 18.2. The largest absolute Gasteiger partial charge is 0.505 e. The van der Waals surface area contributed by atoms with E-state index in [4.69, 9.17) is 11.6 Å². The molecule has 0 spiro atoms. The van der Waals surface area contributed by atoms with Crippen LogP contribution in [0.1, 0.15) is 22.9 Å². The average Bonchev–Trinajstić information content (AvgIpc) is 2.69. The first-order valence-corrected chi connectivity index (χ1v) is 9.12. The van der Waals surface area contributed by atoms with Gasteiger partial charge in [-0.1, -0.05) is 41.9 Å². The van der Waals surface area contributed by atoms with Crippen LogP contribution in [0, 0.1) is 12.7 Å². The van der Waals surface area contributed by atoms with Crippen LogP contribution in [-0.2, 0) is 0 Å². The van der Waals surface area contributed by atoms with E-state index in [9.17, 15) is 9.50 Å². The smallest absolute Gasteiger partial charge is 0.147 e. The number of rotatable bonds is 4. The Morgan fingerprint density at radius 2 is 1.89 bits per heavy atom. The summed E-state index contributed by atoms with van der Waals surface area (Å²) in [5, 5.41) is 15.6. The monoisotopic (exact) mass is 393 g/mol. The van der Waals surface area contributed by atoms with Gasteiger partial charge >= 0.3 is 0 Å². The molecule has 0 aliphatic rings. The lowest BCUT2D eigenvalue weighted by atomic mass is 9.96. The van der Waals surface area contributed by atoms with Crippen molar-refractivity contribution in [3.05, 3.63) is 94.5 Å². The number of aromatic nitrogens is 2. The normalized spacial score (nSPS) is 12.1. The van der Waals surface area contributed by atoms with Gasteiger partial charge in [0, 0.05) is 22.8 Å². The number of phenols is 1. The van der Waals surface area contributed by atoms with Crippen molar-refractivity contribution in [2.45, 2.75) is 13.0 Å². The van der Waals surface area contributed by atoms with Crippen LogP contribution in [0.3, 0.4) is 0 Å². The second-order valence-electron chi connectivity index (χ2n) is 6.52. The van der Waals surface area contributed by atoms with E-state index >= 15 is 0 Å². The average molecular weight is 394 g/mol. The number of fused-ring (bicyclic) bond motifs is 1. The van der Waals surface area contributed by atoms with Crippen molar-refractivity contribution in [2.75, 3.05) is 5.32 Å². The summed E-state index contributed by atoms with van der Waals surface area (Å²) in [5.74, 6) is 0.245. The maximum absolute atomic E-state index is 13.9. The summed E-state index contributed by atoms with van der Waals surface area (Å²) >= 11 is 5.92. The van der Waals surface area contributed by atoms with Crippen molar-refractivity contribution in [1.82, 2.24) is 9.97 Å². The molecule has 1 unspecified atom stereocenters. The molecule has 0 saturated carbocycles. The van der Waals surface area contributed by atoms with Crippen LogP contribution in [0.4, 0.5) is 10.2 Å². The number of benzene rings is 2. The fourth-order valence-corrected chi connectivity index (χ4v) is 3.27. The number of pyridine rings is 2. The number of aryl methyl sites for hydroxylation is 1. The highest BCUT2D eigenvalue weighted by molar-refractivity contribution is 6.30. The molecule has 2 heterocycles. The molecule has 0 aliphatic carbocycles. The van der Waals surface area contributed by atoms with Gasteiger partial charge in [0.1, 0.15) is 22.9 Å². The molecule has 0 bridgehead atoms. The Morgan fingerprint density at radius 1 is 1.07 bits per heavy atom. The van der Waals surface area contributed by atoms with Crippen molar-refractivity contribution in [1.29, 1.82) is 0 Å². The second-order valence-corrected chi connectivity index (χ2v) is 6.96. The molecule has 0 aliphatic heterocycles. The van der Waals surface area contributed by atoms with Crippen LogP contribution >= 0.6 is 11.6 Å². The predicted molar refractivity (Wildman–Crippen MR) is 109 cm³/mol. The number of nitrogens with one attached hydrogen (secondary N) is 1. The van der Waals surface area contributed by atoms with E-state index in [-0.39, 0.29) is 11.6 Å². The highest BCUT2D eigenvalue weighted by atomic mass is 35.5. The molecule has 0 saturated heterocycles. The Kier molecular flexibility index (Phi) is 4.84. The van der Waals surface area contributed by atoms with E-state index in [2.05, 4.69) is 15.3 Å². The molecular formula is C22H17ClFN3O. The van der Waals surface area contributed by atoms with Gasteiger partial charge in [0.2, 0.25) is 0 Å². The predicted octanol–water partition coefficient (Wildman–Crippen LogP) is 5.64. The highest BCUT2D eigenvalue weighted by Crippen LogP contribution is 2.36. The summed E-state index contributed by atoms with van der Waals surface area (Å²) in [6, 6.07) is 16.7. The van der Waals surface area contributed by atoms with E-state index in [1.54, 1.807) is 24.3 Å². The zero-order chi connectivity index (χ0) is 19.7. The summed E-state index contributed by atoms with van der Waals surface area (Å²) in [6.07, 6.45) is 1.53. The fraction of sp³-hybridized carbons (Fsp3) is 0.0909. The molecular weight excluding hydrogens is 377 g/mol. The number of hydrogen-bond acceptors (Lipinski definition) is 4. The number of halogens is 2. The van der Waals surface area contributed by atoms with E-state index in [0.29, 0.717) is 27.5 Å². The van der Waals surface area contributed by atoms with E-state index < -0.39 is 6.04 Å². The minimum absolute atomic E-state index is 0.0527. The summed E-state index contributed by atoms with van der Waals surface area (Å²) in [5.41, 5.74) is 2.53. The summed E-state index contributed by atoms with van der Waals surface area (Å²) in [6.45, 7) is 1.87. The maximum Gasteiger partial charge on any atom is 0.147 e. The first-order chi connectivity index (χ1) is 13.5. The Bertz CT molecular complexity index is 1150. The van der Waals surface area contributed by atoms with Gasteiger partial charge in [-0.25, -0.2) is 14.4 Å². The van der Waals surface area contributed by atoms with Crippen LogP contribution in [0.2, 0.25) is 5.02 Å². The highest BCUT2D eigenvalue weighted by Gasteiger charge is 2.21. The third kappa shape index (κ3) is 3.62. The number of aromatic hydroxyl groups is 1. The number of nitrogens with zero attached hydrogens (tertiary/aromatic N) is 2. The lowest BCUT2D eigenvalue weighted by Gasteiger charge is -2.22. The van der Waals surface area contributed by atoms with Gasteiger partial charge in [0.05, 0.1) is 11.1 Å². The Labute approximate surface area is 166 Å². The molecule has 2 aromatic heterocycles. The maximum atomic E-state index is 13.9. The van der Waals surface area contributed by atoms with Crippen LogP contribution in [0.5, 0.6) is 5.75 Å². The summed E-state index contributed by atoms with van der Waals surface area (Å²) < 4.78 is 13.9. The molecule has 1 atom stereocenters. The molecule has 2 N–H and O–H groups in total. The number of hydrogen-bond donors (Lipinski definition) is 2. The SMILES string of the molecule is Cc1ccc2ccc(C(Nc3ccc(Cl)cn3)c3cccc(F)c3)c(O)c2n1. The number of anilines is 1. The topological polar surface area (TPSA) is 58.0 Å².